The molecule has 5 rings (SSSR count). The lowest BCUT2D eigenvalue weighted by molar-refractivity contribution is 0.673. The number of hydrogen-bond donors (Lipinski definition) is 0. The molecule has 0 saturated carbocycles. The van der Waals surface area contributed by atoms with Gasteiger partial charge in [0.05, 0.1) is 0 Å². The Labute approximate surface area is 120 Å². The third-order valence-electron chi connectivity index (χ3n) is 5.64. The van der Waals surface area contributed by atoms with E-state index in [0.29, 0.717) is 0 Å². The Morgan fingerprint density at radius 3 is 2.20 bits per heavy atom. The fourth-order valence-electron chi connectivity index (χ4n) is 4.76. The van der Waals surface area contributed by atoms with Gasteiger partial charge in [0, 0.05) is 0 Å². The van der Waals surface area contributed by atoms with Crippen LogP contribution in [0.3, 0.4) is 0 Å². The lowest BCUT2D eigenvalue weighted by atomic mass is 9.71. The van der Waals surface area contributed by atoms with Crippen LogP contribution in [0.1, 0.15) is 46.2 Å². The van der Waals surface area contributed by atoms with Crippen molar-refractivity contribution in [2.75, 3.05) is 0 Å². The molecule has 100 valence electrons. The highest BCUT2D eigenvalue weighted by molar-refractivity contribution is 5.82. The van der Waals surface area contributed by atoms with E-state index in [9.17, 15) is 0 Å². The van der Waals surface area contributed by atoms with Crippen LogP contribution in [0, 0.1) is 0 Å². The van der Waals surface area contributed by atoms with Gasteiger partial charge in [-0.2, -0.15) is 0 Å². The quantitative estimate of drug-likeness (QED) is 0.657. The summed E-state index contributed by atoms with van der Waals surface area (Å²) in [6, 6.07) is 9.55. The summed E-state index contributed by atoms with van der Waals surface area (Å²) in [5, 5.41) is 0. The fourth-order valence-corrected chi connectivity index (χ4v) is 4.76. The first kappa shape index (κ1) is 11.1. The van der Waals surface area contributed by atoms with E-state index in [-0.39, 0.29) is 0 Å². The number of fused-ring (bicyclic) bond motifs is 2. The third kappa shape index (κ3) is 1.37. The lowest BCUT2D eigenvalue weighted by Gasteiger charge is -2.33. The first-order valence-corrected chi connectivity index (χ1v) is 8.19. The second-order valence-electron chi connectivity index (χ2n) is 6.69. The number of hydrogen-bond acceptors (Lipinski definition) is 0. The molecule has 0 saturated heterocycles. The summed E-state index contributed by atoms with van der Waals surface area (Å²) in [6.07, 6.45) is 10.5. The molecule has 2 aromatic carbocycles. The summed E-state index contributed by atoms with van der Waals surface area (Å²) < 4.78 is 0. The van der Waals surface area contributed by atoms with Crippen LogP contribution in [0.2, 0.25) is 0 Å². The van der Waals surface area contributed by atoms with Crippen LogP contribution in [0.5, 0.6) is 0 Å². The summed E-state index contributed by atoms with van der Waals surface area (Å²) in [6.45, 7) is 0. The van der Waals surface area contributed by atoms with E-state index in [1.807, 2.05) is 0 Å². The van der Waals surface area contributed by atoms with Gasteiger partial charge in [-0.25, -0.2) is 0 Å². The predicted molar refractivity (Wildman–Crippen MR) is 83.3 cm³/mol. The number of benzene rings is 2. The second kappa shape index (κ2) is 3.97. The Hall–Kier alpha value is -1.56. The van der Waals surface area contributed by atoms with Crippen LogP contribution in [-0.4, -0.2) is 0 Å². The van der Waals surface area contributed by atoms with Crippen molar-refractivity contribution in [3.8, 4) is 11.1 Å². The highest BCUT2D eigenvalue weighted by atomic mass is 14.3. The molecule has 0 bridgehead atoms. The Kier molecular flexibility index (Phi) is 2.21. The maximum Gasteiger partial charge on any atom is -0.0111 e. The third-order valence-corrected chi connectivity index (χ3v) is 5.64. The van der Waals surface area contributed by atoms with Gasteiger partial charge in [0.1, 0.15) is 0 Å². The SMILES string of the molecule is c1cc2c3c(c1)CCc1c4c(cc(c1-3)CC2)CCCC4. The van der Waals surface area contributed by atoms with Crippen LogP contribution in [0.15, 0.2) is 24.3 Å². The summed E-state index contributed by atoms with van der Waals surface area (Å²) >= 11 is 0. The molecule has 0 heteroatoms. The van der Waals surface area contributed by atoms with Gasteiger partial charge in [-0.1, -0.05) is 24.3 Å². The van der Waals surface area contributed by atoms with Crippen molar-refractivity contribution in [2.45, 2.75) is 51.4 Å². The minimum absolute atomic E-state index is 1.24. The van der Waals surface area contributed by atoms with E-state index in [1.54, 1.807) is 44.5 Å². The zero-order valence-electron chi connectivity index (χ0n) is 12.0. The second-order valence-corrected chi connectivity index (χ2v) is 6.69. The molecule has 0 radical (unpaired) electrons. The first-order valence-electron chi connectivity index (χ1n) is 8.19. The Morgan fingerprint density at radius 2 is 1.30 bits per heavy atom. The summed E-state index contributed by atoms with van der Waals surface area (Å²) in [5.74, 6) is 0. The largest absolute Gasteiger partial charge is 0.0617 e. The van der Waals surface area contributed by atoms with Crippen molar-refractivity contribution >= 4 is 0 Å². The van der Waals surface area contributed by atoms with E-state index in [4.69, 9.17) is 0 Å². The Balaban J connectivity index is 1.87. The minimum atomic E-state index is 1.24. The normalized spacial score (nSPS) is 18.4. The fraction of sp³-hybridized carbons (Fsp3) is 0.400. The molecule has 0 heterocycles. The standard InChI is InChI=1S/C20H20/c1-2-7-17-15(4-1)12-16-9-8-13-5-3-6-14-10-11-18(17)20(16)19(13)14/h3,5-6,12H,1-2,4,7-11H2. The average Bonchev–Trinajstić information content (AvgIpc) is 2.52. The van der Waals surface area contributed by atoms with Crippen molar-refractivity contribution in [3.05, 3.63) is 57.6 Å². The van der Waals surface area contributed by atoms with Crippen molar-refractivity contribution in [1.82, 2.24) is 0 Å². The van der Waals surface area contributed by atoms with Gasteiger partial charge in [-0.3, -0.25) is 0 Å². The van der Waals surface area contributed by atoms with Crippen LogP contribution in [0.4, 0.5) is 0 Å². The Morgan fingerprint density at radius 1 is 0.550 bits per heavy atom. The summed E-state index contributed by atoms with van der Waals surface area (Å²) in [7, 11) is 0. The van der Waals surface area contributed by atoms with Crippen molar-refractivity contribution in [3.63, 3.8) is 0 Å². The van der Waals surface area contributed by atoms with Crippen molar-refractivity contribution in [1.29, 1.82) is 0 Å². The van der Waals surface area contributed by atoms with Crippen LogP contribution >= 0.6 is 0 Å². The molecule has 0 spiro atoms. The summed E-state index contributed by atoms with van der Waals surface area (Å²) in [5.41, 5.74) is 13.3. The maximum absolute atomic E-state index is 2.57. The lowest BCUT2D eigenvalue weighted by Crippen LogP contribution is -2.18. The highest BCUT2D eigenvalue weighted by Gasteiger charge is 2.28. The molecule has 20 heavy (non-hydrogen) atoms. The molecule has 0 N–H and O–H groups in total. The topological polar surface area (TPSA) is 0 Å². The number of rotatable bonds is 0. The Bertz CT molecular complexity index is 707. The molecule has 2 aromatic rings. The molecule has 0 aromatic heterocycles. The van der Waals surface area contributed by atoms with Gasteiger partial charge in [0.2, 0.25) is 0 Å². The average molecular weight is 260 g/mol. The molecule has 0 unspecified atom stereocenters. The van der Waals surface area contributed by atoms with E-state index < -0.39 is 0 Å². The van der Waals surface area contributed by atoms with Crippen molar-refractivity contribution in [2.24, 2.45) is 0 Å². The van der Waals surface area contributed by atoms with E-state index in [2.05, 4.69) is 24.3 Å². The molecule has 0 fully saturated rings. The molecule has 0 aliphatic heterocycles. The smallest absolute Gasteiger partial charge is 0.0111 e. The highest BCUT2D eigenvalue weighted by Crippen LogP contribution is 2.45. The van der Waals surface area contributed by atoms with Crippen molar-refractivity contribution < 1.29 is 0 Å². The van der Waals surface area contributed by atoms with E-state index in [0.717, 1.165) is 0 Å². The molecule has 0 nitrogen and oxygen atoms in total. The van der Waals surface area contributed by atoms with Gasteiger partial charge in [-0.15, -0.1) is 0 Å². The molecule has 0 amide bonds. The maximum atomic E-state index is 2.57. The van der Waals surface area contributed by atoms with Gasteiger partial charge >= 0.3 is 0 Å². The minimum Gasteiger partial charge on any atom is -0.0617 e. The molecular formula is C20H20. The monoisotopic (exact) mass is 260 g/mol. The zero-order chi connectivity index (χ0) is 13.1. The van der Waals surface area contributed by atoms with Gasteiger partial charge < -0.3 is 0 Å². The molecule has 0 atom stereocenters. The molecular weight excluding hydrogens is 240 g/mol. The van der Waals surface area contributed by atoms with E-state index >= 15 is 0 Å². The van der Waals surface area contributed by atoms with Gasteiger partial charge in [0.25, 0.3) is 0 Å². The molecule has 3 aliphatic carbocycles. The number of aryl methyl sites for hydroxylation is 4. The zero-order valence-corrected chi connectivity index (χ0v) is 12.0. The predicted octanol–water partition coefficient (Wildman–Crippen LogP) is 4.43. The van der Waals surface area contributed by atoms with Crippen LogP contribution in [0.25, 0.3) is 11.1 Å². The van der Waals surface area contributed by atoms with Crippen LogP contribution in [-0.2, 0) is 38.5 Å². The van der Waals surface area contributed by atoms with Crippen LogP contribution < -0.4 is 0 Å². The first-order chi connectivity index (χ1) is 9.92. The van der Waals surface area contributed by atoms with Gasteiger partial charge in [-0.05, 0) is 95.9 Å². The molecule has 3 aliphatic rings. The summed E-state index contributed by atoms with van der Waals surface area (Å²) in [4.78, 5) is 0. The van der Waals surface area contributed by atoms with Gasteiger partial charge in [0.15, 0.2) is 0 Å². The van der Waals surface area contributed by atoms with E-state index in [1.165, 1.54) is 51.4 Å².